The van der Waals surface area contributed by atoms with Crippen LogP contribution in [0.25, 0.3) is 0 Å². The summed E-state index contributed by atoms with van der Waals surface area (Å²) in [4.78, 5) is 24.3. The Bertz CT molecular complexity index is 493. The molecule has 0 aromatic carbocycles. The van der Waals surface area contributed by atoms with E-state index in [1.54, 1.807) is 6.92 Å². The van der Waals surface area contributed by atoms with Crippen LogP contribution in [-0.2, 0) is 17.6 Å². The van der Waals surface area contributed by atoms with Gasteiger partial charge >= 0.3 is 0 Å². The second-order valence-electron chi connectivity index (χ2n) is 4.82. The van der Waals surface area contributed by atoms with Crippen molar-refractivity contribution in [3.8, 4) is 0 Å². The number of rotatable bonds is 3. The van der Waals surface area contributed by atoms with Gasteiger partial charge in [-0.1, -0.05) is 13.8 Å². The molecule has 0 unspecified atom stereocenters. The van der Waals surface area contributed by atoms with Crippen LogP contribution in [-0.4, -0.2) is 11.8 Å². The number of nitrogens with one attached hydrogen (secondary N) is 1. The van der Waals surface area contributed by atoms with E-state index < -0.39 is 5.91 Å². The topological polar surface area (TPSA) is 72.2 Å². The van der Waals surface area contributed by atoms with Gasteiger partial charge in [0.1, 0.15) is 5.00 Å². The highest BCUT2D eigenvalue weighted by atomic mass is 32.1. The summed E-state index contributed by atoms with van der Waals surface area (Å²) < 4.78 is 0. The Balaban J connectivity index is 2.40. The highest BCUT2D eigenvalue weighted by Gasteiger charge is 2.26. The van der Waals surface area contributed by atoms with E-state index in [9.17, 15) is 9.59 Å². The number of thiophene rings is 1. The molecule has 0 saturated heterocycles. The van der Waals surface area contributed by atoms with Crippen molar-refractivity contribution >= 4 is 28.2 Å². The molecule has 0 saturated carbocycles. The van der Waals surface area contributed by atoms with E-state index in [0.29, 0.717) is 22.9 Å². The molecule has 1 aliphatic carbocycles. The summed E-state index contributed by atoms with van der Waals surface area (Å²) in [6.07, 6.45) is 3.33. The molecule has 0 fully saturated rings. The third-order valence-corrected chi connectivity index (χ3v) is 4.50. The minimum Gasteiger partial charge on any atom is -0.365 e. The second-order valence-corrected chi connectivity index (χ2v) is 5.93. The van der Waals surface area contributed by atoms with E-state index in [1.165, 1.54) is 16.2 Å². The Morgan fingerprint density at radius 1 is 1.50 bits per heavy atom. The molecule has 98 valence electrons. The Morgan fingerprint density at radius 3 is 2.83 bits per heavy atom. The summed E-state index contributed by atoms with van der Waals surface area (Å²) in [7, 11) is 0. The molecule has 5 heteroatoms. The zero-order valence-corrected chi connectivity index (χ0v) is 11.5. The van der Waals surface area contributed by atoms with E-state index in [1.807, 2.05) is 0 Å². The summed E-state index contributed by atoms with van der Waals surface area (Å²) in [6.45, 7) is 3.99. The molecule has 3 N–H and O–H groups in total. The standard InChI is InChI=1S/C13H18N2O2S/c1-3-10(16)15-13-11(12(14)17)8-5-4-7(2)6-9(8)18-13/h7H,3-6H2,1-2H3,(H2,14,17)(H,15,16)/t7-/m0/s1. The number of primary amides is 1. The number of carbonyl (C=O) groups is 2. The molecule has 4 nitrogen and oxygen atoms in total. The average Bonchev–Trinajstić information content (AvgIpc) is 2.65. The smallest absolute Gasteiger partial charge is 0.251 e. The fraction of sp³-hybridized carbons (Fsp3) is 0.538. The van der Waals surface area contributed by atoms with Crippen molar-refractivity contribution in [2.45, 2.75) is 39.5 Å². The molecular formula is C13H18N2O2S. The maximum absolute atomic E-state index is 11.6. The van der Waals surface area contributed by atoms with Gasteiger partial charge in [-0.3, -0.25) is 9.59 Å². The van der Waals surface area contributed by atoms with Crippen LogP contribution in [0.4, 0.5) is 5.00 Å². The van der Waals surface area contributed by atoms with Crippen molar-refractivity contribution in [1.82, 2.24) is 0 Å². The maximum atomic E-state index is 11.6. The van der Waals surface area contributed by atoms with Crippen LogP contribution in [0.3, 0.4) is 0 Å². The molecular weight excluding hydrogens is 248 g/mol. The number of hydrogen-bond donors (Lipinski definition) is 2. The fourth-order valence-corrected chi connectivity index (χ4v) is 3.75. The van der Waals surface area contributed by atoms with Gasteiger partial charge in [0.15, 0.2) is 0 Å². The zero-order valence-electron chi connectivity index (χ0n) is 10.7. The number of carbonyl (C=O) groups excluding carboxylic acids is 2. The first-order valence-electron chi connectivity index (χ1n) is 6.27. The van der Waals surface area contributed by atoms with Gasteiger partial charge < -0.3 is 11.1 Å². The minimum absolute atomic E-state index is 0.0795. The third-order valence-electron chi connectivity index (χ3n) is 3.33. The minimum atomic E-state index is -0.437. The van der Waals surface area contributed by atoms with Crippen molar-refractivity contribution in [2.24, 2.45) is 11.7 Å². The molecule has 1 aromatic rings. The number of hydrogen-bond acceptors (Lipinski definition) is 3. The van der Waals surface area contributed by atoms with Gasteiger partial charge in [-0.05, 0) is 30.7 Å². The lowest BCUT2D eigenvalue weighted by molar-refractivity contribution is -0.115. The van der Waals surface area contributed by atoms with Crippen molar-refractivity contribution in [3.05, 3.63) is 16.0 Å². The molecule has 18 heavy (non-hydrogen) atoms. The molecule has 1 aliphatic rings. The molecule has 2 rings (SSSR count). The predicted octanol–water partition coefficient (Wildman–Crippen LogP) is 2.32. The van der Waals surface area contributed by atoms with Crippen LogP contribution in [0.15, 0.2) is 0 Å². The lowest BCUT2D eigenvalue weighted by Crippen LogP contribution is -2.19. The summed E-state index contributed by atoms with van der Waals surface area (Å²) in [5.41, 5.74) is 7.04. The van der Waals surface area contributed by atoms with Crippen LogP contribution in [0.1, 0.15) is 47.5 Å². The number of nitrogens with two attached hydrogens (primary N) is 1. The summed E-state index contributed by atoms with van der Waals surface area (Å²) in [5, 5.41) is 3.43. The maximum Gasteiger partial charge on any atom is 0.251 e. The number of anilines is 1. The molecule has 0 radical (unpaired) electrons. The first-order valence-corrected chi connectivity index (χ1v) is 7.08. The van der Waals surface area contributed by atoms with Gasteiger partial charge in [0.25, 0.3) is 5.91 Å². The van der Waals surface area contributed by atoms with E-state index in [2.05, 4.69) is 12.2 Å². The average molecular weight is 266 g/mol. The van der Waals surface area contributed by atoms with Gasteiger partial charge in [-0.2, -0.15) is 0 Å². The molecule has 0 bridgehead atoms. The van der Waals surface area contributed by atoms with Crippen LogP contribution < -0.4 is 11.1 Å². The summed E-state index contributed by atoms with van der Waals surface area (Å²) >= 11 is 1.50. The monoisotopic (exact) mass is 266 g/mol. The van der Waals surface area contributed by atoms with Crippen molar-refractivity contribution in [2.75, 3.05) is 5.32 Å². The quantitative estimate of drug-likeness (QED) is 0.881. The zero-order chi connectivity index (χ0) is 13.3. The van der Waals surface area contributed by atoms with Crippen LogP contribution in [0.2, 0.25) is 0 Å². The van der Waals surface area contributed by atoms with Crippen LogP contribution in [0, 0.1) is 5.92 Å². The third kappa shape index (κ3) is 2.41. The number of fused-ring (bicyclic) bond motifs is 1. The summed E-state index contributed by atoms with van der Waals surface area (Å²) in [6, 6.07) is 0. The van der Waals surface area contributed by atoms with E-state index in [0.717, 1.165) is 24.8 Å². The summed E-state index contributed by atoms with van der Waals surface area (Å²) in [5.74, 6) is 0.115. The Labute approximate surface area is 111 Å². The molecule has 0 spiro atoms. The van der Waals surface area contributed by atoms with E-state index in [-0.39, 0.29) is 5.91 Å². The molecule has 0 aliphatic heterocycles. The van der Waals surface area contributed by atoms with E-state index in [4.69, 9.17) is 5.73 Å². The lowest BCUT2D eigenvalue weighted by Gasteiger charge is -2.18. The van der Waals surface area contributed by atoms with Crippen LogP contribution >= 0.6 is 11.3 Å². The van der Waals surface area contributed by atoms with Gasteiger partial charge in [0, 0.05) is 11.3 Å². The van der Waals surface area contributed by atoms with Crippen molar-refractivity contribution < 1.29 is 9.59 Å². The SMILES string of the molecule is CCC(=O)Nc1sc2c(c1C(N)=O)CC[C@H](C)C2. The van der Waals surface area contributed by atoms with Gasteiger partial charge in [0.2, 0.25) is 5.91 Å². The highest BCUT2D eigenvalue weighted by molar-refractivity contribution is 7.17. The van der Waals surface area contributed by atoms with Gasteiger partial charge in [-0.25, -0.2) is 0 Å². The fourth-order valence-electron chi connectivity index (χ4n) is 2.31. The first kappa shape index (κ1) is 13.1. The Hall–Kier alpha value is -1.36. The van der Waals surface area contributed by atoms with Gasteiger partial charge in [-0.15, -0.1) is 11.3 Å². The molecule has 1 aromatic heterocycles. The van der Waals surface area contributed by atoms with Crippen molar-refractivity contribution in [3.63, 3.8) is 0 Å². The Morgan fingerprint density at radius 2 is 2.22 bits per heavy atom. The van der Waals surface area contributed by atoms with Crippen LogP contribution in [0.5, 0.6) is 0 Å². The number of amides is 2. The lowest BCUT2D eigenvalue weighted by atomic mass is 9.88. The van der Waals surface area contributed by atoms with E-state index >= 15 is 0 Å². The molecule has 1 heterocycles. The normalized spacial score (nSPS) is 18.2. The second kappa shape index (κ2) is 5.10. The largest absolute Gasteiger partial charge is 0.365 e. The van der Waals surface area contributed by atoms with Crippen molar-refractivity contribution in [1.29, 1.82) is 0 Å². The predicted molar refractivity (Wildman–Crippen MR) is 72.9 cm³/mol. The van der Waals surface area contributed by atoms with Gasteiger partial charge in [0.05, 0.1) is 5.56 Å². The molecule has 1 atom stereocenters. The Kier molecular flexibility index (Phi) is 3.71. The highest BCUT2D eigenvalue weighted by Crippen LogP contribution is 2.39. The molecule has 2 amide bonds. The first-order chi connectivity index (χ1) is 8.52.